The van der Waals surface area contributed by atoms with E-state index < -0.39 is 9.84 Å². The molecular weight excluding hydrogens is 346 g/mol. The predicted octanol–water partition coefficient (Wildman–Crippen LogP) is 1.08. The number of amides is 1. The lowest BCUT2D eigenvalue weighted by Crippen LogP contribution is -2.38. The number of rotatable bonds is 4. The van der Waals surface area contributed by atoms with E-state index in [1.54, 1.807) is 33.0 Å². The first kappa shape index (κ1) is 17.3. The third-order valence-electron chi connectivity index (χ3n) is 4.02. The highest BCUT2D eigenvalue weighted by atomic mass is 32.2. The summed E-state index contributed by atoms with van der Waals surface area (Å²) in [6, 6.07) is 2.92. The zero-order valence-electron chi connectivity index (χ0n) is 14.2. The summed E-state index contributed by atoms with van der Waals surface area (Å²) in [6.45, 7) is 3.51. The Kier molecular flexibility index (Phi) is 4.46. The van der Waals surface area contributed by atoms with E-state index in [4.69, 9.17) is 4.52 Å². The van der Waals surface area contributed by atoms with Crippen molar-refractivity contribution in [1.82, 2.24) is 20.0 Å². The largest absolute Gasteiger partial charge is 0.360 e. The van der Waals surface area contributed by atoms with Crippen LogP contribution in [-0.2, 0) is 9.84 Å². The van der Waals surface area contributed by atoms with Crippen LogP contribution in [0, 0.1) is 13.8 Å². The van der Waals surface area contributed by atoms with Gasteiger partial charge >= 0.3 is 0 Å². The fourth-order valence-electron chi connectivity index (χ4n) is 2.70. The highest BCUT2D eigenvalue weighted by Crippen LogP contribution is 2.19. The second-order valence-corrected chi connectivity index (χ2v) is 8.37. The summed E-state index contributed by atoms with van der Waals surface area (Å²) in [5.41, 5.74) is 0.801. The molecule has 1 atom stereocenters. The summed E-state index contributed by atoms with van der Waals surface area (Å²) >= 11 is 0. The van der Waals surface area contributed by atoms with E-state index in [1.807, 2.05) is 0 Å². The van der Waals surface area contributed by atoms with Crippen molar-refractivity contribution in [3.05, 3.63) is 29.3 Å². The van der Waals surface area contributed by atoms with Gasteiger partial charge in [-0.1, -0.05) is 5.16 Å². The molecule has 0 saturated carbocycles. The van der Waals surface area contributed by atoms with Crippen LogP contribution in [0.2, 0.25) is 0 Å². The van der Waals surface area contributed by atoms with Crippen LogP contribution in [0.5, 0.6) is 0 Å². The molecule has 134 valence electrons. The topological polar surface area (TPSA) is 118 Å². The van der Waals surface area contributed by atoms with Crippen LogP contribution in [0.4, 0.5) is 11.8 Å². The van der Waals surface area contributed by atoms with E-state index in [2.05, 4.69) is 20.4 Å². The zero-order chi connectivity index (χ0) is 18.2. The number of hydrogen-bond acceptors (Lipinski definition) is 8. The summed E-state index contributed by atoms with van der Waals surface area (Å²) < 4.78 is 28.2. The molecule has 1 amide bonds. The Balaban J connectivity index is 1.80. The number of aryl methyl sites for hydroxylation is 2. The van der Waals surface area contributed by atoms with Crippen LogP contribution >= 0.6 is 0 Å². The molecule has 0 bridgehead atoms. The number of aromatic nitrogens is 3. The number of carbonyl (C=O) groups is 1. The van der Waals surface area contributed by atoms with Crippen LogP contribution in [-0.4, -0.2) is 58.9 Å². The van der Waals surface area contributed by atoms with Crippen molar-refractivity contribution < 1.29 is 17.7 Å². The average molecular weight is 365 g/mol. The number of sulfone groups is 1. The second kappa shape index (κ2) is 6.43. The minimum Gasteiger partial charge on any atom is -0.360 e. The molecule has 0 aliphatic carbocycles. The highest BCUT2D eigenvalue weighted by molar-refractivity contribution is 7.91. The Bertz CT molecular complexity index is 908. The lowest BCUT2D eigenvalue weighted by Gasteiger charge is -2.23. The molecule has 2 aromatic rings. The van der Waals surface area contributed by atoms with E-state index in [0.29, 0.717) is 23.7 Å². The Hall–Kier alpha value is -2.49. The highest BCUT2D eigenvalue weighted by Gasteiger charge is 2.33. The van der Waals surface area contributed by atoms with Gasteiger partial charge in [0, 0.05) is 24.8 Å². The number of anilines is 2. The van der Waals surface area contributed by atoms with Crippen LogP contribution in [0.25, 0.3) is 0 Å². The molecule has 1 unspecified atom stereocenters. The molecule has 0 radical (unpaired) electrons. The molecule has 1 fully saturated rings. The molecule has 0 aromatic carbocycles. The van der Waals surface area contributed by atoms with Gasteiger partial charge in [-0.3, -0.25) is 4.79 Å². The quantitative estimate of drug-likeness (QED) is 0.855. The van der Waals surface area contributed by atoms with Crippen molar-refractivity contribution in [2.24, 2.45) is 0 Å². The predicted molar refractivity (Wildman–Crippen MR) is 90.4 cm³/mol. The minimum atomic E-state index is -3.07. The van der Waals surface area contributed by atoms with Gasteiger partial charge in [0.25, 0.3) is 5.91 Å². The van der Waals surface area contributed by atoms with E-state index in [0.717, 1.165) is 0 Å². The monoisotopic (exact) mass is 365 g/mol. The third-order valence-corrected chi connectivity index (χ3v) is 5.77. The summed E-state index contributed by atoms with van der Waals surface area (Å²) in [7, 11) is -1.47. The molecule has 0 spiro atoms. The fraction of sp³-hybridized carbons (Fsp3) is 0.467. The van der Waals surface area contributed by atoms with Crippen molar-refractivity contribution in [3.63, 3.8) is 0 Å². The number of nitrogens with zero attached hydrogens (tertiary/aromatic N) is 4. The van der Waals surface area contributed by atoms with Gasteiger partial charge in [-0.05, 0) is 26.3 Å². The van der Waals surface area contributed by atoms with Gasteiger partial charge in [0.15, 0.2) is 15.7 Å². The van der Waals surface area contributed by atoms with Crippen molar-refractivity contribution in [2.45, 2.75) is 26.3 Å². The molecule has 9 nitrogen and oxygen atoms in total. The van der Waals surface area contributed by atoms with Crippen LogP contribution in [0.15, 0.2) is 16.7 Å². The van der Waals surface area contributed by atoms with Crippen molar-refractivity contribution in [2.75, 3.05) is 23.9 Å². The van der Waals surface area contributed by atoms with Gasteiger partial charge < -0.3 is 14.7 Å². The molecule has 1 saturated heterocycles. The SMILES string of the molecule is Cc1cc(C(=O)N(C)C2CCS(=O)(=O)C2)nc(Nc2cc(C)on2)n1. The maximum atomic E-state index is 12.7. The van der Waals surface area contributed by atoms with Gasteiger partial charge in [-0.15, -0.1) is 0 Å². The molecule has 1 N–H and O–H groups in total. The van der Waals surface area contributed by atoms with Crippen LogP contribution in [0.1, 0.15) is 28.4 Å². The Morgan fingerprint density at radius 1 is 1.32 bits per heavy atom. The third kappa shape index (κ3) is 3.95. The first-order valence-electron chi connectivity index (χ1n) is 7.77. The standard InChI is InChI=1S/C15H19N5O4S/c1-9-6-12(14(21)20(3)11-4-5-25(22,23)8-11)17-15(16-9)18-13-7-10(2)24-19-13/h6-7,11H,4-5,8H2,1-3H3,(H,16,17,18,19). The Morgan fingerprint density at radius 3 is 2.68 bits per heavy atom. The van der Waals surface area contributed by atoms with Crippen LogP contribution < -0.4 is 5.32 Å². The molecule has 10 heteroatoms. The van der Waals surface area contributed by atoms with Gasteiger partial charge in [0.1, 0.15) is 11.5 Å². The van der Waals surface area contributed by atoms with Gasteiger partial charge in [0.05, 0.1) is 11.5 Å². The van der Waals surface area contributed by atoms with E-state index in [-0.39, 0.29) is 35.1 Å². The Labute approximate surface area is 145 Å². The second-order valence-electron chi connectivity index (χ2n) is 6.14. The lowest BCUT2D eigenvalue weighted by molar-refractivity contribution is 0.0741. The van der Waals surface area contributed by atoms with Crippen molar-refractivity contribution in [3.8, 4) is 0 Å². The first-order chi connectivity index (χ1) is 11.7. The average Bonchev–Trinajstić information content (AvgIpc) is 3.10. The van der Waals surface area contributed by atoms with Gasteiger partial charge in [-0.2, -0.15) is 0 Å². The lowest BCUT2D eigenvalue weighted by atomic mass is 10.2. The number of carbonyl (C=O) groups excluding carboxylic acids is 1. The number of hydrogen-bond donors (Lipinski definition) is 1. The van der Waals surface area contributed by atoms with Crippen molar-refractivity contribution >= 4 is 27.5 Å². The minimum absolute atomic E-state index is 0.0113. The van der Waals surface area contributed by atoms with E-state index in [1.165, 1.54) is 4.90 Å². The summed E-state index contributed by atoms with van der Waals surface area (Å²) in [6.07, 6.45) is 0.442. The van der Waals surface area contributed by atoms with Crippen molar-refractivity contribution in [1.29, 1.82) is 0 Å². The van der Waals surface area contributed by atoms with Crippen LogP contribution in [0.3, 0.4) is 0 Å². The zero-order valence-corrected chi connectivity index (χ0v) is 15.0. The summed E-state index contributed by atoms with van der Waals surface area (Å²) in [5, 5.41) is 6.69. The maximum Gasteiger partial charge on any atom is 0.272 e. The van der Waals surface area contributed by atoms with E-state index in [9.17, 15) is 13.2 Å². The maximum absolute atomic E-state index is 12.7. The molecule has 25 heavy (non-hydrogen) atoms. The molecular formula is C15H19N5O4S. The summed E-state index contributed by atoms with van der Waals surface area (Å²) in [4.78, 5) is 22.6. The molecule has 3 rings (SSSR count). The number of nitrogens with one attached hydrogen (secondary N) is 1. The van der Waals surface area contributed by atoms with E-state index >= 15 is 0 Å². The molecule has 1 aliphatic heterocycles. The summed E-state index contributed by atoms with van der Waals surface area (Å²) in [5.74, 6) is 1.06. The molecule has 3 heterocycles. The fourth-order valence-corrected chi connectivity index (χ4v) is 4.48. The normalized spacial score (nSPS) is 18.9. The smallest absolute Gasteiger partial charge is 0.272 e. The Morgan fingerprint density at radius 2 is 2.08 bits per heavy atom. The first-order valence-corrected chi connectivity index (χ1v) is 9.59. The van der Waals surface area contributed by atoms with Gasteiger partial charge in [-0.25, -0.2) is 18.4 Å². The molecule has 1 aliphatic rings. The molecule has 2 aromatic heterocycles. The van der Waals surface area contributed by atoms with Gasteiger partial charge in [0.2, 0.25) is 5.95 Å².